The van der Waals surface area contributed by atoms with Crippen LogP contribution in [-0.4, -0.2) is 55.1 Å². The lowest BCUT2D eigenvalue weighted by molar-refractivity contribution is -0.192. The Kier molecular flexibility index (Phi) is 20.4. The normalized spacial score (nSPS) is 9.85. The van der Waals surface area contributed by atoms with E-state index in [1.54, 1.807) is 63.4 Å². The van der Waals surface area contributed by atoms with Crippen molar-refractivity contribution in [2.75, 3.05) is 16.4 Å². The number of alkyl halides is 3. The van der Waals surface area contributed by atoms with Gasteiger partial charge in [-0.15, -0.1) is 0 Å². The first-order valence-electron chi connectivity index (χ1n) is 18.2. The van der Waals surface area contributed by atoms with Gasteiger partial charge in [-0.25, -0.2) is 37.7 Å². The van der Waals surface area contributed by atoms with Crippen molar-refractivity contribution in [3.05, 3.63) is 177 Å². The Morgan fingerprint density at radius 1 is 0.615 bits per heavy atom. The fraction of sp³-hybridized carbons (Fsp3) is 0.114. The molecule has 0 fully saturated rings. The number of aromatic carboxylic acids is 1. The smallest absolute Gasteiger partial charge is 0.478 e. The van der Waals surface area contributed by atoms with Crippen molar-refractivity contribution < 1.29 is 55.7 Å². The van der Waals surface area contributed by atoms with E-state index in [9.17, 15) is 40.7 Å². The molecule has 6 rings (SSSR count). The van der Waals surface area contributed by atoms with Gasteiger partial charge in [0.15, 0.2) is 0 Å². The second kappa shape index (κ2) is 25.3. The summed E-state index contributed by atoms with van der Waals surface area (Å²) in [5, 5.41) is 37.6. The van der Waals surface area contributed by atoms with Gasteiger partial charge in [0.1, 0.15) is 34.9 Å². The van der Waals surface area contributed by atoms with E-state index in [1.807, 2.05) is 12.1 Å². The van der Waals surface area contributed by atoms with E-state index in [4.69, 9.17) is 37.0 Å². The third kappa shape index (κ3) is 18.4. The van der Waals surface area contributed by atoms with Gasteiger partial charge in [-0.2, -0.15) is 23.7 Å². The van der Waals surface area contributed by atoms with E-state index in [0.29, 0.717) is 34.9 Å². The number of rotatable bonds is 6. The van der Waals surface area contributed by atoms with Crippen LogP contribution in [0.2, 0.25) is 0 Å². The van der Waals surface area contributed by atoms with Gasteiger partial charge in [0, 0.05) is 25.1 Å². The second-order valence-electron chi connectivity index (χ2n) is 12.8. The lowest BCUT2D eigenvalue weighted by atomic mass is 10.1. The third-order valence-corrected chi connectivity index (χ3v) is 7.68. The average molecular weight is 902 g/mol. The molecule has 0 saturated heterocycles. The number of nitriles is 2. The quantitative estimate of drug-likeness (QED) is 0.0869. The van der Waals surface area contributed by atoms with Gasteiger partial charge in [-0.3, -0.25) is 9.59 Å². The summed E-state index contributed by atoms with van der Waals surface area (Å²) < 4.78 is 71.7. The Morgan fingerprint density at radius 3 is 1.35 bits per heavy atom. The first-order chi connectivity index (χ1) is 30.6. The first kappa shape index (κ1) is 52.4. The van der Waals surface area contributed by atoms with E-state index in [0.717, 1.165) is 16.7 Å². The number of anilines is 3. The van der Waals surface area contributed by atoms with E-state index in [-0.39, 0.29) is 22.5 Å². The third-order valence-electron chi connectivity index (χ3n) is 7.68. The zero-order valence-corrected chi connectivity index (χ0v) is 34.3. The van der Waals surface area contributed by atoms with Crippen LogP contribution < -0.4 is 22.1 Å². The SMILES string of the molecule is Cc1ccc(C(=O)Nc2cc(C#N)ccn2)c(F)c1.Cc1ccc(C(=O)Nc2cc(CN)ccn2)c(F)c1.Cc1ccc(C(=O)O)c(F)c1.N#Cc1ccnc(N)c1.O=C(O)C(F)(F)F. The summed E-state index contributed by atoms with van der Waals surface area (Å²) in [5.41, 5.74) is 14.4. The number of carbonyl (C=O) groups excluding carboxylic acids is 2. The molecule has 2 amide bonds. The van der Waals surface area contributed by atoms with Gasteiger partial charge >= 0.3 is 18.1 Å². The number of aliphatic carboxylic acids is 1. The lowest BCUT2D eigenvalue weighted by Crippen LogP contribution is -2.21. The fourth-order valence-electron chi connectivity index (χ4n) is 4.53. The maximum absolute atomic E-state index is 13.6. The van der Waals surface area contributed by atoms with Crippen molar-refractivity contribution in [3.63, 3.8) is 0 Å². The van der Waals surface area contributed by atoms with Crippen LogP contribution in [0.15, 0.2) is 110 Å². The predicted octanol–water partition coefficient (Wildman–Crippen LogP) is 7.89. The number of halogens is 6. The number of hydrogen-bond acceptors (Lipinski definition) is 11. The Labute approximate surface area is 366 Å². The summed E-state index contributed by atoms with van der Waals surface area (Å²) in [6.45, 7) is 5.55. The van der Waals surface area contributed by atoms with Crippen LogP contribution >= 0.6 is 0 Å². The number of amides is 2. The zero-order valence-electron chi connectivity index (χ0n) is 34.3. The largest absolute Gasteiger partial charge is 0.490 e. The van der Waals surface area contributed by atoms with Crippen LogP contribution in [0.25, 0.3) is 0 Å². The molecule has 0 saturated carbocycles. The summed E-state index contributed by atoms with van der Waals surface area (Å²) in [7, 11) is 0. The highest BCUT2D eigenvalue weighted by Crippen LogP contribution is 2.16. The van der Waals surface area contributed by atoms with Crippen LogP contribution in [0.5, 0.6) is 0 Å². The molecule has 0 aliphatic carbocycles. The molecule has 8 N–H and O–H groups in total. The highest BCUT2D eigenvalue weighted by molar-refractivity contribution is 6.04. The summed E-state index contributed by atoms with van der Waals surface area (Å²) in [4.78, 5) is 54.6. The Balaban J connectivity index is 0.000000294. The number of hydrogen-bond donors (Lipinski definition) is 6. The summed E-state index contributed by atoms with van der Waals surface area (Å²) in [6.07, 6.45) is -0.628. The van der Waals surface area contributed by atoms with Crippen molar-refractivity contribution >= 4 is 41.2 Å². The molecular formula is C44H37F6N9O6. The molecule has 0 aliphatic heterocycles. The number of benzene rings is 3. The molecule has 3 aromatic heterocycles. The number of nitrogens with one attached hydrogen (secondary N) is 2. The van der Waals surface area contributed by atoms with Gasteiger partial charge in [0.25, 0.3) is 11.8 Å². The predicted molar refractivity (Wildman–Crippen MR) is 224 cm³/mol. The molecule has 0 spiro atoms. The molecule has 65 heavy (non-hydrogen) atoms. The molecule has 0 bridgehead atoms. The van der Waals surface area contributed by atoms with Gasteiger partial charge in [-0.05, 0) is 116 Å². The maximum atomic E-state index is 13.6. The molecule has 0 unspecified atom stereocenters. The second-order valence-corrected chi connectivity index (χ2v) is 12.8. The van der Waals surface area contributed by atoms with Crippen molar-refractivity contribution in [3.8, 4) is 12.1 Å². The number of nitrogens with two attached hydrogens (primary N) is 2. The van der Waals surface area contributed by atoms with Crippen molar-refractivity contribution in [2.24, 2.45) is 5.73 Å². The van der Waals surface area contributed by atoms with E-state index in [2.05, 4.69) is 25.6 Å². The van der Waals surface area contributed by atoms with Crippen LogP contribution in [0, 0.1) is 60.9 Å². The number of pyridine rings is 3. The summed E-state index contributed by atoms with van der Waals surface area (Å²) in [6, 6.07) is 26.2. The minimum absolute atomic E-state index is 0.00875. The van der Waals surface area contributed by atoms with E-state index in [1.165, 1.54) is 67.0 Å². The minimum atomic E-state index is -5.08. The molecule has 0 aliphatic rings. The number of carbonyl (C=O) groups is 4. The van der Waals surface area contributed by atoms with Gasteiger partial charge < -0.3 is 32.3 Å². The average Bonchev–Trinajstić information content (AvgIpc) is 3.24. The standard InChI is InChI=1S/C14H14FN3O.C14H10FN3O.C8H7FO2.C6H5N3.C2HF3O2/c2*1-9-2-3-11(12(15)6-9)14(19)18-13-7-10(8-16)4-5-17-13;1-5-2-3-6(8(10)11)7(9)4-5;7-4-5-1-2-9-6(8)3-5;3-2(4,5)1(6)7/h2-7H,8,16H2,1H3,(H,17,18,19);2-7H,1H3,(H,17,18,19);2-4H,1H3,(H,10,11);1-3H,(H2,8,9);(H,6,7). The topological polar surface area (TPSA) is 271 Å². The number of aromatic nitrogens is 3. The van der Waals surface area contributed by atoms with Gasteiger partial charge in [0.05, 0.1) is 40.0 Å². The van der Waals surface area contributed by atoms with E-state index < -0.39 is 47.4 Å². The van der Waals surface area contributed by atoms with Gasteiger partial charge in [0.2, 0.25) is 0 Å². The number of nitrogens with zero attached hydrogens (tertiary/aromatic N) is 5. The number of nitrogen functional groups attached to an aromatic ring is 1. The summed E-state index contributed by atoms with van der Waals surface area (Å²) >= 11 is 0. The highest BCUT2D eigenvalue weighted by Gasteiger charge is 2.38. The number of aryl methyl sites for hydroxylation is 3. The molecule has 3 heterocycles. The Bertz CT molecular complexity index is 2720. The lowest BCUT2D eigenvalue weighted by Gasteiger charge is -2.07. The highest BCUT2D eigenvalue weighted by atomic mass is 19.4. The monoisotopic (exact) mass is 901 g/mol. The van der Waals surface area contributed by atoms with Gasteiger partial charge in [-0.1, -0.05) is 18.2 Å². The Morgan fingerprint density at radius 2 is 1.00 bits per heavy atom. The molecule has 336 valence electrons. The van der Waals surface area contributed by atoms with Crippen LogP contribution in [0.3, 0.4) is 0 Å². The van der Waals surface area contributed by atoms with Crippen LogP contribution in [0.1, 0.15) is 64.5 Å². The number of carboxylic acids is 2. The molecule has 0 radical (unpaired) electrons. The fourth-order valence-corrected chi connectivity index (χ4v) is 4.53. The van der Waals surface area contributed by atoms with Crippen molar-refractivity contribution in [1.82, 2.24) is 15.0 Å². The Hall–Kier alpha value is -8.69. The van der Waals surface area contributed by atoms with Crippen molar-refractivity contribution in [2.45, 2.75) is 33.5 Å². The zero-order chi connectivity index (χ0) is 48.9. The maximum Gasteiger partial charge on any atom is 0.490 e. The molecule has 21 heteroatoms. The molecule has 3 aromatic carbocycles. The molecular weight excluding hydrogens is 865 g/mol. The molecule has 0 atom stereocenters. The van der Waals surface area contributed by atoms with Crippen LogP contribution in [0.4, 0.5) is 43.8 Å². The summed E-state index contributed by atoms with van der Waals surface area (Å²) in [5.74, 6) is -5.99. The molecule has 15 nitrogen and oxygen atoms in total. The first-order valence-corrected chi connectivity index (χ1v) is 18.2. The van der Waals surface area contributed by atoms with Crippen molar-refractivity contribution in [1.29, 1.82) is 10.5 Å². The number of carboxylic acid groups (broad SMARTS) is 2. The minimum Gasteiger partial charge on any atom is -0.478 e. The van der Waals surface area contributed by atoms with Crippen LogP contribution in [-0.2, 0) is 11.3 Å². The molecule has 6 aromatic rings. The van der Waals surface area contributed by atoms with E-state index >= 15 is 0 Å².